The van der Waals surface area contributed by atoms with Crippen LogP contribution in [0.5, 0.6) is 5.75 Å². The van der Waals surface area contributed by atoms with Crippen LogP contribution in [0.25, 0.3) is 0 Å². The molecule has 0 aromatic carbocycles. The highest BCUT2D eigenvalue weighted by molar-refractivity contribution is 8.00. The number of methoxy groups -OCH3 is 2. The van der Waals surface area contributed by atoms with Crippen molar-refractivity contribution < 1.29 is 28.5 Å². The summed E-state index contributed by atoms with van der Waals surface area (Å²) in [4.78, 5) is 35.5. The lowest BCUT2D eigenvalue weighted by molar-refractivity contribution is 0.0659. The highest BCUT2D eigenvalue weighted by atomic mass is 32.2. The van der Waals surface area contributed by atoms with Crippen LogP contribution in [0.15, 0.2) is 11.1 Å². The number of carbonyl (C=O) groups is 2. The maximum absolute atomic E-state index is 12.9. The molecule has 3 aliphatic heterocycles. The van der Waals surface area contributed by atoms with Gasteiger partial charge in [0.25, 0.3) is 0 Å². The number of carbonyl (C=O) groups excluding carboxylic acids is 2. The molecule has 0 radical (unpaired) electrons. The lowest BCUT2D eigenvalue weighted by atomic mass is 9.98. The molecule has 12 heteroatoms. The second-order valence-corrected chi connectivity index (χ2v) is 8.88. The lowest BCUT2D eigenvalue weighted by Crippen LogP contribution is -2.46. The van der Waals surface area contributed by atoms with E-state index in [0.29, 0.717) is 74.1 Å². The average Bonchev–Trinajstić information content (AvgIpc) is 3.19. The quantitative estimate of drug-likeness (QED) is 0.690. The molecule has 0 aliphatic carbocycles. The molecule has 1 atom stereocenters. The normalized spacial score (nSPS) is 21.4. The first kappa shape index (κ1) is 22.7. The van der Waals surface area contributed by atoms with E-state index in [0.717, 1.165) is 12.8 Å². The van der Waals surface area contributed by atoms with Crippen molar-refractivity contribution in [3.8, 4) is 5.75 Å². The van der Waals surface area contributed by atoms with Crippen LogP contribution in [-0.2, 0) is 14.2 Å². The Bertz CT molecular complexity index is 844. The van der Waals surface area contributed by atoms with Gasteiger partial charge in [-0.15, -0.1) is 0 Å². The van der Waals surface area contributed by atoms with Crippen LogP contribution >= 0.6 is 11.8 Å². The predicted molar refractivity (Wildman–Crippen MR) is 118 cm³/mol. The summed E-state index contributed by atoms with van der Waals surface area (Å²) in [6.45, 7) is 4.36. The monoisotopic (exact) mass is 467 g/mol. The minimum atomic E-state index is -0.940. The van der Waals surface area contributed by atoms with Crippen LogP contribution in [0, 0.1) is 5.92 Å². The number of piperidine rings is 1. The summed E-state index contributed by atoms with van der Waals surface area (Å²) in [6, 6.07) is -0.731. The molecule has 0 saturated carbocycles. The van der Waals surface area contributed by atoms with Crippen LogP contribution in [-0.4, -0.2) is 87.8 Å². The van der Waals surface area contributed by atoms with Crippen molar-refractivity contribution in [3.05, 3.63) is 6.20 Å². The highest BCUT2D eigenvalue weighted by Crippen LogP contribution is 2.52. The lowest BCUT2D eigenvalue weighted by Gasteiger charge is -2.32. The number of amides is 3. The molecule has 0 spiro atoms. The number of aromatic nitrogens is 1. The molecule has 32 heavy (non-hydrogen) atoms. The number of primary amides is 1. The standard InChI is InChI=1S/C20H29N5O6S/c1-28-12-13-3-5-24(6-4-13)19(27)31-20-25(18(21)26)15-14(29-2)11-22-17(16(15)32-20)23-7-9-30-10-8-23/h11,13,20H,3-10,12H2,1-2H3,(H2,21,26). The van der Waals surface area contributed by atoms with Crippen LogP contribution in [0.4, 0.5) is 21.1 Å². The number of hydrogen-bond acceptors (Lipinski definition) is 9. The number of nitrogens with two attached hydrogens (primary N) is 1. The third-order valence-electron chi connectivity index (χ3n) is 5.87. The van der Waals surface area contributed by atoms with E-state index < -0.39 is 17.7 Å². The number of pyridine rings is 1. The summed E-state index contributed by atoms with van der Waals surface area (Å²) >= 11 is 1.23. The minimum Gasteiger partial charge on any atom is -0.493 e. The number of thioether (sulfide) groups is 1. The molecule has 2 saturated heterocycles. The summed E-state index contributed by atoms with van der Waals surface area (Å²) in [5, 5.41) is 0. The van der Waals surface area contributed by atoms with E-state index in [1.54, 1.807) is 18.2 Å². The van der Waals surface area contributed by atoms with E-state index in [1.807, 2.05) is 0 Å². The Labute approximate surface area is 191 Å². The topological polar surface area (TPSA) is 120 Å². The number of fused-ring (bicyclic) bond motifs is 1. The van der Waals surface area contributed by atoms with E-state index in [1.165, 1.54) is 23.8 Å². The maximum atomic E-state index is 12.9. The number of urea groups is 1. The Kier molecular flexibility index (Phi) is 7.11. The Hall–Kier alpha value is -2.44. The van der Waals surface area contributed by atoms with Crippen molar-refractivity contribution in [2.75, 3.05) is 70.0 Å². The fourth-order valence-corrected chi connectivity index (χ4v) is 5.42. The SMILES string of the molecule is COCC1CCN(C(=O)OC2Sc3c(N4CCOCC4)ncc(OC)c3N2C(N)=O)CC1. The van der Waals surface area contributed by atoms with E-state index >= 15 is 0 Å². The van der Waals surface area contributed by atoms with Gasteiger partial charge in [0, 0.05) is 39.9 Å². The number of likely N-dealkylation sites (tertiary alicyclic amines) is 1. The van der Waals surface area contributed by atoms with E-state index in [9.17, 15) is 9.59 Å². The largest absolute Gasteiger partial charge is 0.493 e. The second kappa shape index (κ2) is 10.0. The van der Waals surface area contributed by atoms with Crippen LogP contribution < -0.4 is 20.3 Å². The number of morpholine rings is 1. The first-order valence-electron chi connectivity index (χ1n) is 10.6. The average molecular weight is 468 g/mol. The molecule has 3 aliphatic rings. The van der Waals surface area contributed by atoms with Gasteiger partial charge in [0.2, 0.25) is 5.56 Å². The number of nitrogens with zero attached hydrogens (tertiary/aromatic N) is 4. The van der Waals surface area contributed by atoms with Gasteiger partial charge in [0.05, 0.1) is 31.4 Å². The third-order valence-corrected chi connectivity index (χ3v) is 6.99. The van der Waals surface area contributed by atoms with Crippen LogP contribution in [0.3, 0.4) is 0 Å². The fourth-order valence-electron chi connectivity index (χ4n) is 4.17. The van der Waals surface area contributed by atoms with Gasteiger partial charge in [-0.05, 0) is 18.8 Å². The van der Waals surface area contributed by atoms with Crippen molar-refractivity contribution in [1.29, 1.82) is 0 Å². The van der Waals surface area contributed by atoms with E-state index in [-0.39, 0.29) is 0 Å². The Morgan fingerprint density at radius 3 is 2.56 bits per heavy atom. The smallest absolute Gasteiger partial charge is 0.412 e. The number of ether oxygens (including phenoxy) is 4. The molecule has 176 valence electrons. The molecule has 4 rings (SSSR count). The van der Waals surface area contributed by atoms with Gasteiger partial charge >= 0.3 is 12.1 Å². The fraction of sp³-hybridized carbons (Fsp3) is 0.650. The summed E-state index contributed by atoms with van der Waals surface area (Å²) in [5.41, 5.74) is 5.24. The van der Waals surface area contributed by atoms with Crippen molar-refractivity contribution in [1.82, 2.24) is 9.88 Å². The first-order chi connectivity index (χ1) is 15.5. The zero-order valence-electron chi connectivity index (χ0n) is 18.3. The van der Waals surface area contributed by atoms with Crippen molar-refractivity contribution in [3.63, 3.8) is 0 Å². The van der Waals surface area contributed by atoms with Gasteiger partial charge in [0.1, 0.15) is 11.5 Å². The Morgan fingerprint density at radius 2 is 1.94 bits per heavy atom. The molecule has 1 unspecified atom stereocenters. The molecule has 4 heterocycles. The van der Waals surface area contributed by atoms with Gasteiger partial charge in [0.15, 0.2) is 5.75 Å². The van der Waals surface area contributed by atoms with Gasteiger partial charge in [-0.25, -0.2) is 19.5 Å². The van der Waals surface area contributed by atoms with Crippen LogP contribution in [0.2, 0.25) is 0 Å². The van der Waals surface area contributed by atoms with E-state index in [4.69, 9.17) is 24.7 Å². The maximum Gasteiger partial charge on any atom is 0.412 e. The summed E-state index contributed by atoms with van der Waals surface area (Å²) in [6.07, 6.45) is 2.78. The highest BCUT2D eigenvalue weighted by Gasteiger charge is 2.43. The van der Waals surface area contributed by atoms with Gasteiger partial charge in [-0.3, -0.25) is 0 Å². The molecule has 2 N–H and O–H groups in total. The summed E-state index contributed by atoms with van der Waals surface area (Å²) in [7, 11) is 3.18. The predicted octanol–water partition coefficient (Wildman–Crippen LogP) is 1.70. The van der Waals surface area contributed by atoms with Gasteiger partial charge in [-0.1, -0.05) is 11.8 Å². The molecule has 1 aromatic heterocycles. The minimum absolute atomic E-state index is 0.391. The summed E-state index contributed by atoms with van der Waals surface area (Å²) < 4.78 is 21.9. The van der Waals surface area contributed by atoms with Crippen molar-refractivity contribution in [2.24, 2.45) is 11.7 Å². The Balaban J connectivity index is 1.54. The zero-order chi connectivity index (χ0) is 22.7. The molecule has 2 fully saturated rings. The van der Waals surface area contributed by atoms with E-state index in [2.05, 4.69) is 9.88 Å². The third kappa shape index (κ3) is 4.52. The van der Waals surface area contributed by atoms with Gasteiger partial charge < -0.3 is 34.5 Å². The molecule has 0 bridgehead atoms. The molecule has 3 amide bonds. The number of rotatable bonds is 5. The zero-order valence-corrected chi connectivity index (χ0v) is 19.1. The van der Waals surface area contributed by atoms with Crippen LogP contribution in [0.1, 0.15) is 12.8 Å². The number of anilines is 2. The summed E-state index contributed by atoms with van der Waals surface area (Å²) in [5.74, 6) is 1.52. The van der Waals surface area contributed by atoms with Crippen molar-refractivity contribution in [2.45, 2.75) is 23.3 Å². The van der Waals surface area contributed by atoms with Gasteiger partial charge in [-0.2, -0.15) is 0 Å². The number of hydrogen-bond donors (Lipinski definition) is 1. The first-order valence-corrected chi connectivity index (χ1v) is 11.5. The molecule has 1 aromatic rings. The molecule has 11 nitrogen and oxygen atoms in total. The second-order valence-electron chi connectivity index (χ2n) is 7.83. The molecular weight excluding hydrogens is 438 g/mol. The van der Waals surface area contributed by atoms with Crippen molar-refractivity contribution >= 4 is 35.4 Å². The Morgan fingerprint density at radius 1 is 1.22 bits per heavy atom. The molecular formula is C20H29N5O6S.